The number of hydrogen-bond donors (Lipinski definition) is 1. The molecular formula is C20H28ClN3O4. The van der Waals surface area contributed by atoms with Crippen molar-refractivity contribution in [1.29, 1.82) is 0 Å². The minimum absolute atomic E-state index is 0.275. The molecule has 28 heavy (non-hydrogen) atoms. The van der Waals surface area contributed by atoms with Gasteiger partial charge in [-0.2, -0.15) is 0 Å². The second-order valence-corrected chi connectivity index (χ2v) is 8.59. The number of esters is 1. The third-order valence-electron chi connectivity index (χ3n) is 4.03. The molecule has 154 valence electrons. The molecule has 1 aromatic heterocycles. The van der Waals surface area contributed by atoms with E-state index in [0.29, 0.717) is 34.6 Å². The topological polar surface area (TPSA) is 82.5 Å². The average molecular weight is 410 g/mol. The van der Waals surface area contributed by atoms with Crippen molar-refractivity contribution >= 4 is 34.7 Å². The van der Waals surface area contributed by atoms with E-state index in [1.165, 1.54) is 0 Å². The van der Waals surface area contributed by atoms with Crippen molar-refractivity contribution in [3.05, 3.63) is 29.0 Å². The molecule has 0 saturated heterocycles. The first-order valence-electron chi connectivity index (χ1n) is 9.25. The van der Waals surface area contributed by atoms with Gasteiger partial charge in [0, 0.05) is 12.1 Å². The van der Waals surface area contributed by atoms with E-state index in [2.05, 4.69) is 10.3 Å². The Morgan fingerprint density at radius 1 is 1.21 bits per heavy atom. The number of benzene rings is 1. The summed E-state index contributed by atoms with van der Waals surface area (Å²) in [5.74, 6) is -0.464. The van der Waals surface area contributed by atoms with Crippen LogP contribution in [0, 0.1) is 0 Å². The normalized spacial score (nSPS) is 12.1. The van der Waals surface area contributed by atoms with Gasteiger partial charge in [0.05, 0.1) is 34.6 Å². The summed E-state index contributed by atoms with van der Waals surface area (Å²) in [5, 5.41) is 3.19. The molecule has 2 rings (SSSR count). The summed E-state index contributed by atoms with van der Waals surface area (Å²) in [6, 6.07) is 3.36. The van der Waals surface area contributed by atoms with Gasteiger partial charge in [-0.15, -0.1) is 0 Å². The van der Waals surface area contributed by atoms with E-state index in [1.807, 2.05) is 39.2 Å². The Labute approximate surface area is 170 Å². The van der Waals surface area contributed by atoms with Crippen molar-refractivity contribution in [3.63, 3.8) is 0 Å². The van der Waals surface area contributed by atoms with Gasteiger partial charge in [0.25, 0.3) is 0 Å². The molecule has 2 aromatic rings. The van der Waals surface area contributed by atoms with E-state index in [9.17, 15) is 9.59 Å². The largest absolute Gasteiger partial charge is 0.462 e. The van der Waals surface area contributed by atoms with Crippen molar-refractivity contribution < 1.29 is 19.1 Å². The molecule has 0 aliphatic heterocycles. The van der Waals surface area contributed by atoms with Crippen molar-refractivity contribution in [1.82, 2.24) is 14.9 Å². The quantitative estimate of drug-likeness (QED) is 0.707. The first-order valence-corrected chi connectivity index (χ1v) is 9.63. The fourth-order valence-corrected chi connectivity index (χ4v) is 3.05. The molecule has 1 N–H and O–H groups in total. The van der Waals surface area contributed by atoms with Crippen LogP contribution in [0.4, 0.5) is 4.79 Å². The summed E-state index contributed by atoms with van der Waals surface area (Å²) < 4.78 is 12.3. The predicted octanol–water partition coefficient (Wildman–Crippen LogP) is 4.56. The summed E-state index contributed by atoms with van der Waals surface area (Å²) in [6.07, 6.45) is 1.82. The number of halogens is 1. The van der Waals surface area contributed by atoms with Gasteiger partial charge in [0.2, 0.25) is 0 Å². The van der Waals surface area contributed by atoms with Gasteiger partial charge in [-0.05, 0) is 60.1 Å². The molecule has 0 aliphatic rings. The Balaban J connectivity index is 2.16. The molecule has 1 aromatic carbocycles. The highest BCUT2D eigenvalue weighted by Gasteiger charge is 2.25. The molecular weight excluding hydrogens is 382 g/mol. The highest BCUT2D eigenvalue weighted by molar-refractivity contribution is 6.37. The van der Waals surface area contributed by atoms with Crippen LogP contribution in [0.1, 0.15) is 58.3 Å². The Kier molecular flexibility index (Phi) is 6.59. The minimum Gasteiger partial charge on any atom is -0.462 e. The maximum absolute atomic E-state index is 12.1. The molecule has 8 heteroatoms. The molecule has 0 fully saturated rings. The minimum atomic E-state index is -0.558. The first kappa shape index (κ1) is 22.0. The van der Waals surface area contributed by atoms with E-state index in [0.717, 1.165) is 0 Å². The van der Waals surface area contributed by atoms with E-state index in [1.54, 1.807) is 25.4 Å². The van der Waals surface area contributed by atoms with Gasteiger partial charge in [0.15, 0.2) is 0 Å². The number of nitrogens with one attached hydrogen (secondary N) is 1. The number of aromatic nitrogens is 2. The van der Waals surface area contributed by atoms with Gasteiger partial charge < -0.3 is 19.4 Å². The standard InChI is InChI=1S/C20H28ClN3O4/c1-7-27-17(25)13-8-9-14-16(15(13)21)24(12-22-14)11-10-20(5,6)23-18(26)28-19(2,3)4/h8-9,12H,7,10-11H2,1-6H3,(H,23,26). The average Bonchev–Trinajstić information content (AvgIpc) is 2.95. The van der Waals surface area contributed by atoms with Crippen LogP contribution in [-0.2, 0) is 16.0 Å². The molecule has 0 bridgehead atoms. The lowest BCUT2D eigenvalue weighted by molar-refractivity contribution is 0.0464. The molecule has 0 unspecified atom stereocenters. The number of amides is 1. The van der Waals surface area contributed by atoms with Crippen LogP contribution in [0.5, 0.6) is 0 Å². The van der Waals surface area contributed by atoms with Gasteiger partial charge in [0.1, 0.15) is 5.60 Å². The van der Waals surface area contributed by atoms with Gasteiger partial charge in [-0.3, -0.25) is 0 Å². The van der Waals surface area contributed by atoms with Crippen LogP contribution >= 0.6 is 11.6 Å². The van der Waals surface area contributed by atoms with Crippen molar-refractivity contribution in [2.24, 2.45) is 0 Å². The SMILES string of the molecule is CCOC(=O)c1ccc2ncn(CCC(C)(C)NC(=O)OC(C)(C)C)c2c1Cl. The van der Waals surface area contributed by atoms with Crippen LogP contribution in [0.2, 0.25) is 5.02 Å². The summed E-state index contributed by atoms with van der Waals surface area (Å²) in [7, 11) is 0. The van der Waals surface area contributed by atoms with Crippen molar-refractivity contribution in [2.45, 2.75) is 65.6 Å². The van der Waals surface area contributed by atoms with Crippen LogP contribution in [0.15, 0.2) is 18.5 Å². The van der Waals surface area contributed by atoms with Crippen LogP contribution in [0.25, 0.3) is 11.0 Å². The number of rotatable bonds is 6. The number of alkyl carbamates (subject to hydrolysis) is 1. The maximum atomic E-state index is 12.1. The third-order valence-corrected chi connectivity index (χ3v) is 4.41. The van der Waals surface area contributed by atoms with E-state index in [4.69, 9.17) is 21.1 Å². The summed E-state index contributed by atoms with van der Waals surface area (Å²) >= 11 is 6.47. The van der Waals surface area contributed by atoms with E-state index < -0.39 is 23.2 Å². The number of ether oxygens (including phenoxy) is 2. The fraction of sp³-hybridized carbons (Fsp3) is 0.550. The number of fused-ring (bicyclic) bond motifs is 1. The number of carbonyl (C=O) groups excluding carboxylic acids is 2. The van der Waals surface area contributed by atoms with E-state index in [-0.39, 0.29) is 6.61 Å². The molecule has 0 saturated carbocycles. The van der Waals surface area contributed by atoms with Crippen LogP contribution in [0.3, 0.4) is 0 Å². The van der Waals surface area contributed by atoms with Crippen molar-refractivity contribution in [2.75, 3.05) is 6.61 Å². The Hall–Kier alpha value is -2.28. The molecule has 1 amide bonds. The zero-order valence-electron chi connectivity index (χ0n) is 17.3. The monoisotopic (exact) mass is 409 g/mol. The summed E-state index contributed by atoms with van der Waals surface area (Å²) in [5.41, 5.74) is 0.599. The molecule has 0 radical (unpaired) electrons. The van der Waals surface area contributed by atoms with Crippen LogP contribution in [-0.4, -0.2) is 39.4 Å². The molecule has 0 spiro atoms. The first-order chi connectivity index (χ1) is 12.9. The predicted molar refractivity (Wildman–Crippen MR) is 109 cm³/mol. The number of hydrogen-bond acceptors (Lipinski definition) is 5. The number of imidazole rings is 1. The summed E-state index contributed by atoms with van der Waals surface area (Å²) in [4.78, 5) is 28.5. The summed E-state index contributed by atoms with van der Waals surface area (Å²) in [6.45, 7) is 11.9. The Morgan fingerprint density at radius 3 is 2.50 bits per heavy atom. The van der Waals surface area contributed by atoms with Gasteiger partial charge in [-0.1, -0.05) is 11.6 Å². The van der Waals surface area contributed by atoms with Gasteiger partial charge in [-0.25, -0.2) is 14.6 Å². The second kappa shape index (κ2) is 8.39. The lowest BCUT2D eigenvalue weighted by atomic mass is 10.0. The Bertz CT molecular complexity index is 868. The number of carbonyl (C=O) groups is 2. The molecule has 0 aliphatic carbocycles. The lowest BCUT2D eigenvalue weighted by Gasteiger charge is -2.28. The Morgan fingerprint density at radius 2 is 1.89 bits per heavy atom. The second-order valence-electron chi connectivity index (χ2n) is 8.21. The highest BCUT2D eigenvalue weighted by atomic mass is 35.5. The number of aryl methyl sites for hydroxylation is 1. The van der Waals surface area contributed by atoms with Gasteiger partial charge >= 0.3 is 12.1 Å². The zero-order chi connectivity index (χ0) is 21.1. The molecule has 1 heterocycles. The zero-order valence-corrected chi connectivity index (χ0v) is 18.0. The molecule has 7 nitrogen and oxygen atoms in total. The van der Waals surface area contributed by atoms with Crippen molar-refractivity contribution in [3.8, 4) is 0 Å². The highest BCUT2D eigenvalue weighted by Crippen LogP contribution is 2.28. The number of nitrogens with zero attached hydrogens (tertiary/aromatic N) is 2. The molecule has 0 atom stereocenters. The third kappa shape index (κ3) is 5.61. The van der Waals surface area contributed by atoms with E-state index >= 15 is 0 Å². The smallest absolute Gasteiger partial charge is 0.408 e. The lowest BCUT2D eigenvalue weighted by Crippen LogP contribution is -2.46. The van der Waals surface area contributed by atoms with Crippen LogP contribution < -0.4 is 5.32 Å². The maximum Gasteiger partial charge on any atom is 0.408 e. The fourth-order valence-electron chi connectivity index (χ4n) is 2.70.